The lowest BCUT2D eigenvalue weighted by Crippen LogP contribution is -2.17. The molecule has 0 heterocycles. The summed E-state index contributed by atoms with van der Waals surface area (Å²) in [6, 6.07) is 20.5. The quantitative estimate of drug-likeness (QED) is 0.0875. The smallest absolute Gasteiger partial charge is 0.336 e. The van der Waals surface area contributed by atoms with Crippen LogP contribution in [0.25, 0.3) is 0 Å². The van der Waals surface area contributed by atoms with Crippen molar-refractivity contribution < 1.29 is 53.1 Å². The first-order chi connectivity index (χ1) is 20.8. The third-order valence-corrected chi connectivity index (χ3v) is 6.71. The predicted octanol–water partition coefficient (Wildman–Crippen LogP) is 4.16. The van der Waals surface area contributed by atoms with Crippen LogP contribution in [0.2, 0.25) is 0 Å². The highest BCUT2D eigenvalue weighted by Crippen LogP contribution is 2.24. The van der Waals surface area contributed by atoms with E-state index in [1.807, 2.05) is 0 Å². The maximum atomic E-state index is 13.0. The highest BCUT2D eigenvalue weighted by molar-refractivity contribution is 7.80. The van der Waals surface area contributed by atoms with Crippen LogP contribution in [0.5, 0.6) is 17.2 Å². The fraction of sp³-hybridized carbons (Fsp3) is 0.0714. The van der Waals surface area contributed by atoms with Gasteiger partial charge in [-0.1, -0.05) is 23.2 Å². The number of benzene rings is 4. The first-order valence-electron chi connectivity index (χ1n) is 12.2. The van der Waals surface area contributed by atoms with Gasteiger partial charge in [-0.05, 0) is 71.8 Å². The van der Waals surface area contributed by atoms with Gasteiger partial charge in [-0.25, -0.2) is 13.9 Å². The highest BCUT2D eigenvalue weighted by atomic mass is 32.2. The van der Waals surface area contributed by atoms with E-state index in [1.165, 1.54) is 48.5 Å². The van der Waals surface area contributed by atoms with E-state index in [-0.39, 0.29) is 52.2 Å². The summed E-state index contributed by atoms with van der Waals surface area (Å²) in [5.74, 6) is 3.02. The van der Waals surface area contributed by atoms with Crippen LogP contribution in [-0.2, 0) is 39.0 Å². The second-order valence-corrected chi connectivity index (χ2v) is 9.74. The van der Waals surface area contributed by atoms with Gasteiger partial charge in [0.15, 0.2) is 5.75 Å². The molecule has 0 saturated heterocycles. The zero-order valence-corrected chi connectivity index (χ0v) is 22.9. The topological polar surface area (TPSA) is 208 Å². The minimum absolute atomic E-state index is 0.00318. The Morgan fingerprint density at radius 3 is 2.40 bits per heavy atom. The normalized spacial score (nSPS) is 11.4. The van der Waals surface area contributed by atoms with Gasteiger partial charge in [0.1, 0.15) is 24.7 Å². The van der Waals surface area contributed by atoms with Crippen molar-refractivity contribution in [1.82, 2.24) is 0 Å². The van der Waals surface area contributed by atoms with Crippen LogP contribution in [0.15, 0.2) is 89.8 Å². The summed E-state index contributed by atoms with van der Waals surface area (Å²) in [6.07, 6.45) is 0. The lowest BCUT2D eigenvalue weighted by atomic mass is 10.1. The molecule has 0 saturated carbocycles. The summed E-state index contributed by atoms with van der Waals surface area (Å²) in [6.45, 7) is -0.0660. The Hall–Kier alpha value is -5.03. The van der Waals surface area contributed by atoms with Gasteiger partial charge in [0.2, 0.25) is 11.1 Å². The molecule has 0 aliphatic carbocycles. The van der Waals surface area contributed by atoms with Crippen molar-refractivity contribution in [3.63, 3.8) is 0 Å². The fourth-order valence-corrected chi connectivity index (χ4v) is 4.57. The summed E-state index contributed by atoms with van der Waals surface area (Å²) in [5, 5.41) is 30.5. The number of carbonyl (C=O) groups excluding carboxylic acids is 1. The van der Waals surface area contributed by atoms with Crippen LogP contribution >= 0.6 is 0 Å². The molecule has 0 spiro atoms. The summed E-state index contributed by atoms with van der Waals surface area (Å²) < 4.78 is 18.5. The third kappa shape index (κ3) is 8.49. The number of amides is 1. The van der Waals surface area contributed by atoms with E-state index < -0.39 is 23.0 Å². The molecule has 0 aliphatic rings. The van der Waals surface area contributed by atoms with Crippen LogP contribution < -0.4 is 25.8 Å². The van der Waals surface area contributed by atoms with Crippen LogP contribution in [0, 0.1) is 0 Å². The zero-order chi connectivity index (χ0) is 30.8. The number of nitrogens with two attached hydrogens (primary N) is 1. The van der Waals surface area contributed by atoms with Crippen molar-refractivity contribution in [3.8, 4) is 17.2 Å². The minimum Gasteiger partial charge on any atom is -0.508 e. The SMILES string of the molecule is NOOc1ccc(C(=O)O)c(C(=O)Nc2cccc(S(=O)Oc3cccc(NOCc4cc(O)ccc4COO)c3)c2)c1. The van der Waals surface area contributed by atoms with E-state index >= 15 is 0 Å². The van der Waals surface area contributed by atoms with Gasteiger partial charge in [0.25, 0.3) is 5.91 Å². The van der Waals surface area contributed by atoms with Crippen molar-refractivity contribution in [2.45, 2.75) is 18.1 Å². The molecular weight excluding hydrogens is 586 g/mol. The molecule has 7 N–H and O–H groups in total. The molecule has 1 amide bonds. The van der Waals surface area contributed by atoms with Crippen molar-refractivity contribution in [2.24, 2.45) is 5.90 Å². The predicted molar refractivity (Wildman–Crippen MR) is 151 cm³/mol. The summed E-state index contributed by atoms with van der Waals surface area (Å²) in [4.78, 5) is 43.1. The number of carboxylic acid groups (broad SMARTS) is 1. The maximum Gasteiger partial charge on any atom is 0.336 e. The van der Waals surface area contributed by atoms with E-state index in [0.717, 1.165) is 12.1 Å². The Morgan fingerprint density at radius 2 is 1.63 bits per heavy atom. The Morgan fingerprint density at radius 1 is 0.837 bits per heavy atom. The van der Waals surface area contributed by atoms with Crippen molar-refractivity contribution >= 4 is 34.3 Å². The first kappa shape index (κ1) is 30.9. The molecule has 1 unspecified atom stereocenters. The number of rotatable bonds is 14. The number of hydrogen-bond acceptors (Lipinski definition) is 12. The minimum atomic E-state index is -2.00. The van der Waals surface area contributed by atoms with E-state index in [0.29, 0.717) is 16.8 Å². The summed E-state index contributed by atoms with van der Waals surface area (Å²) >= 11 is -2.00. The largest absolute Gasteiger partial charge is 0.508 e. The third-order valence-electron chi connectivity index (χ3n) is 5.73. The lowest BCUT2D eigenvalue weighted by Gasteiger charge is -2.12. The molecule has 224 valence electrons. The van der Waals surface area contributed by atoms with E-state index in [2.05, 4.69) is 25.6 Å². The zero-order valence-electron chi connectivity index (χ0n) is 22.1. The monoisotopic (exact) mass is 611 g/mol. The van der Waals surface area contributed by atoms with E-state index in [9.17, 15) is 24.0 Å². The Labute approximate surface area is 246 Å². The van der Waals surface area contributed by atoms with Gasteiger partial charge in [-0.3, -0.25) is 20.4 Å². The highest BCUT2D eigenvalue weighted by Gasteiger charge is 2.19. The van der Waals surface area contributed by atoms with Crippen LogP contribution in [0.3, 0.4) is 0 Å². The molecule has 0 radical (unpaired) electrons. The molecule has 14 nitrogen and oxygen atoms in total. The van der Waals surface area contributed by atoms with E-state index in [1.54, 1.807) is 24.3 Å². The second-order valence-electron chi connectivity index (χ2n) is 8.64. The molecule has 15 heteroatoms. The van der Waals surface area contributed by atoms with Gasteiger partial charge in [0.05, 0.1) is 21.7 Å². The van der Waals surface area contributed by atoms with Crippen molar-refractivity contribution in [2.75, 3.05) is 10.8 Å². The molecule has 1 atom stereocenters. The van der Waals surface area contributed by atoms with E-state index in [4.69, 9.17) is 20.2 Å². The van der Waals surface area contributed by atoms with Gasteiger partial charge in [-0.2, -0.15) is 5.90 Å². The summed E-state index contributed by atoms with van der Waals surface area (Å²) in [7, 11) is 0. The molecule has 0 fully saturated rings. The number of carbonyl (C=O) groups is 2. The molecule has 0 aliphatic heterocycles. The number of aromatic carboxylic acids is 1. The van der Waals surface area contributed by atoms with Gasteiger partial charge < -0.3 is 24.6 Å². The second kappa shape index (κ2) is 14.7. The number of phenolic OH excluding ortho intramolecular Hbond substituents is 1. The standard InChI is InChI=1S/C28H25N3O11S/c29-42-40-22-9-10-25(28(34)35)26(14-22)27(33)30-19-3-2-6-24(13-19)43(37)41-23-5-1-4-20(12-23)31-38-15-18-11-21(32)8-7-17(18)16-39-36/h1-14,31-32,36H,15-16,29H2,(H,30,33)(H,34,35). The van der Waals surface area contributed by atoms with Crippen molar-refractivity contribution in [3.05, 3.63) is 107 Å². The van der Waals surface area contributed by atoms with Gasteiger partial charge in [-0.15, -0.1) is 0 Å². The van der Waals surface area contributed by atoms with Gasteiger partial charge in [0, 0.05) is 11.8 Å². The Balaban J connectivity index is 1.40. The van der Waals surface area contributed by atoms with Crippen LogP contribution in [0.1, 0.15) is 31.8 Å². The molecular formula is C28H25N3O11S. The maximum absolute atomic E-state index is 13.0. The number of hydrogen-bond donors (Lipinski definition) is 6. The Kier molecular flexibility index (Phi) is 10.6. The lowest BCUT2D eigenvalue weighted by molar-refractivity contribution is -0.253. The van der Waals surface area contributed by atoms with Crippen LogP contribution in [-0.4, -0.2) is 31.6 Å². The molecule has 4 rings (SSSR count). The number of carboxylic acids is 1. The Bertz CT molecular complexity index is 1630. The molecule has 4 aromatic rings. The first-order valence-corrected chi connectivity index (χ1v) is 13.3. The average Bonchev–Trinajstić information content (AvgIpc) is 2.99. The molecule has 4 aromatic carbocycles. The molecule has 0 bridgehead atoms. The number of aromatic hydroxyl groups is 1. The fourth-order valence-electron chi connectivity index (χ4n) is 3.78. The molecule has 0 aromatic heterocycles. The number of nitrogens with one attached hydrogen (secondary N) is 2. The van der Waals surface area contributed by atoms with Crippen LogP contribution in [0.4, 0.5) is 11.4 Å². The van der Waals surface area contributed by atoms with Crippen molar-refractivity contribution in [1.29, 1.82) is 0 Å². The molecule has 43 heavy (non-hydrogen) atoms. The average molecular weight is 612 g/mol. The van der Waals surface area contributed by atoms with Gasteiger partial charge >= 0.3 is 5.97 Å². The number of anilines is 2. The summed E-state index contributed by atoms with van der Waals surface area (Å²) in [5.41, 5.74) is 4.09. The number of phenols is 1.